The molecule has 0 aromatic heterocycles. The Morgan fingerprint density at radius 1 is 0.800 bits per heavy atom. The van der Waals surface area contributed by atoms with Crippen molar-refractivity contribution < 1.29 is 28.7 Å². The number of rotatable bonds is 3. The van der Waals surface area contributed by atoms with Crippen molar-refractivity contribution in [2.45, 2.75) is 18.6 Å². The number of methoxy groups -OCH3 is 1. The van der Waals surface area contributed by atoms with Crippen LogP contribution in [0.3, 0.4) is 0 Å². The van der Waals surface area contributed by atoms with Crippen LogP contribution in [0.1, 0.15) is 37.9 Å². The van der Waals surface area contributed by atoms with Crippen LogP contribution in [-0.2, 0) is 14.3 Å². The highest BCUT2D eigenvalue weighted by molar-refractivity contribution is 6.37. The van der Waals surface area contributed by atoms with E-state index in [4.69, 9.17) is 9.47 Å². The number of carbonyl (C=O) groups excluding carboxylic acids is 4. The molecule has 0 saturated carbocycles. The van der Waals surface area contributed by atoms with E-state index in [1.165, 1.54) is 7.11 Å². The Bertz CT molecular complexity index is 1390. The number of nitrogens with zero attached hydrogens (tertiary/aromatic N) is 1. The van der Waals surface area contributed by atoms with Crippen LogP contribution >= 0.6 is 0 Å². The van der Waals surface area contributed by atoms with Gasteiger partial charge in [0.05, 0.1) is 30.7 Å². The van der Waals surface area contributed by atoms with Gasteiger partial charge in [0.15, 0.2) is 0 Å². The molecule has 2 aliphatic heterocycles. The predicted octanol–water partition coefficient (Wildman–Crippen LogP) is 3.70. The average molecular weight is 467 g/mol. The molecule has 0 N–H and O–H groups in total. The minimum atomic E-state index is -2.09. The molecule has 7 nitrogen and oxygen atoms in total. The van der Waals surface area contributed by atoms with Gasteiger partial charge in [-0.1, -0.05) is 66.2 Å². The van der Waals surface area contributed by atoms with Crippen LogP contribution in [0, 0.1) is 18.8 Å². The molecule has 0 bridgehead atoms. The van der Waals surface area contributed by atoms with Gasteiger partial charge in [0.1, 0.15) is 5.75 Å². The number of aryl methyl sites for hydroxylation is 1. The second kappa shape index (κ2) is 7.45. The summed E-state index contributed by atoms with van der Waals surface area (Å²) in [5.74, 6) is -4.33. The summed E-state index contributed by atoms with van der Waals surface area (Å²) in [6.07, 6.45) is -0.945. The standard InChI is InChI=1S/C28H21NO6/c1-15-11-13-16(14-12-15)23-21-22(27(33)29(26(21)32)19-9-5-6-10-20(19)34-2)28(35-23)24(30)17-7-3-4-8-18(17)25(28)31/h3-14,21-23H,1-2H3/t21-,22-,23-/m0/s1. The van der Waals surface area contributed by atoms with Crippen molar-refractivity contribution >= 4 is 29.1 Å². The first-order valence-corrected chi connectivity index (χ1v) is 11.3. The van der Waals surface area contributed by atoms with Crippen molar-refractivity contribution in [1.82, 2.24) is 0 Å². The van der Waals surface area contributed by atoms with Gasteiger partial charge < -0.3 is 9.47 Å². The lowest BCUT2D eigenvalue weighted by Gasteiger charge is -2.27. The number of fused-ring (bicyclic) bond motifs is 3. The van der Waals surface area contributed by atoms with E-state index in [9.17, 15) is 19.2 Å². The third-order valence-electron chi connectivity index (χ3n) is 7.25. The summed E-state index contributed by atoms with van der Waals surface area (Å²) in [5, 5.41) is 0. The molecule has 3 aromatic rings. The first-order chi connectivity index (χ1) is 16.9. The van der Waals surface area contributed by atoms with Crippen molar-refractivity contribution in [1.29, 1.82) is 0 Å². The van der Waals surface area contributed by atoms with E-state index in [1.807, 2.05) is 19.1 Å². The number of Topliss-reactive ketones (excluding diaryl/α,β-unsaturated/α-hetero) is 2. The van der Waals surface area contributed by atoms with Crippen molar-refractivity contribution in [3.05, 3.63) is 95.1 Å². The molecule has 7 heteroatoms. The SMILES string of the molecule is COc1ccccc1N1C(=O)[C@H]2[C@@H](C1=O)C1(O[C@H]2c2ccc(C)cc2)C(=O)c2ccccc2C1=O. The lowest BCUT2D eigenvalue weighted by atomic mass is 9.77. The third kappa shape index (κ3) is 2.70. The number of para-hydroxylation sites is 2. The average Bonchev–Trinajstić information content (AvgIpc) is 3.44. The van der Waals surface area contributed by atoms with Gasteiger partial charge in [0.25, 0.3) is 0 Å². The molecule has 6 rings (SSSR count). The monoisotopic (exact) mass is 467 g/mol. The molecule has 1 spiro atoms. The molecule has 0 radical (unpaired) electrons. The Morgan fingerprint density at radius 3 is 2.03 bits per heavy atom. The maximum atomic E-state index is 14.0. The Kier molecular flexibility index (Phi) is 4.56. The molecule has 3 aromatic carbocycles. The number of benzene rings is 3. The molecule has 3 atom stereocenters. The van der Waals surface area contributed by atoms with Crippen molar-refractivity contribution in [2.24, 2.45) is 11.8 Å². The highest BCUT2D eigenvalue weighted by Gasteiger charge is 2.74. The first-order valence-electron chi connectivity index (χ1n) is 11.3. The normalized spacial score (nSPS) is 24.3. The molecule has 0 unspecified atom stereocenters. The summed E-state index contributed by atoms with van der Waals surface area (Å²) in [5.41, 5.74) is 0.221. The molecule has 174 valence electrons. The number of amides is 2. The van der Waals surface area contributed by atoms with E-state index >= 15 is 0 Å². The molecule has 2 amide bonds. The highest BCUT2D eigenvalue weighted by Crippen LogP contribution is 2.58. The number of hydrogen-bond acceptors (Lipinski definition) is 6. The van der Waals surface area contributed by atoms with Crippen molar-refractivity contribution in [3.8, 4) is 5.75 Å². The van der Waals surface area contributed by atoms with Gasteiger partial charge >= 0.3 is 0 Å². The maximum Gasteiger partial charge on any atom is 0.241 e. The quantitative estimate of drug-likeness (QED) is 0.431. The highest BCUT2D eigenvalue weighted by atomic mass is 16.5. The fourth-order valence-electron chi connectivity index (χ4n) is 5.63. The van der Waals surface area contributed by atoms with Crippen molar-refractivity contribution in [2.75, 3.05) is 12.0 Å². The van der Waals surface area contributed by atoms with Gasteiger partial charge in [0, 0.05) is 11.1 Å². The smallest absolute Gasteiger partial charge is 0.241 e. The van der Waals surface area contributed by atoms with Crippen LogP contribution in [0.5, 0.6) is 5.75 Å². The number of carbonyl (C=O) groups is 4. The van der Waals surface area contributed by atoms with Crippen molar-refractivity contribution in [3.63, 3.8) is 0 Å². The van der Waals surface area contributed by atoms with Crippen LogP contribution in [0.25, 0.3) is 0 Å². The van der Waals surface area contributed by atoms with Gasteiger partial charge in [0.2, 0.25) is 29.0 Å². The number of ketones is 2. The molecule has 3 aliphatic rings. The van der Waals surface area contributed by atoms with Crippen LogP contribution in [-0.4, -0.2) is 36.1 Å². The summed E-state index contributed by atoms with van der Waals surface area (Å²) < 4.78 is 11.7. The number of imide groups is 1. The Morgan fingerprint density at radius 2 is 1.40 bits per heavy atom. The van der Waals surface area contributed by atoms with Gasteiger partial charge in [-0.3, -0.25) is 19.2 Å². The second-order valence-electron chi connectivity index (χ2n) is 9.08. The molecule has 1 aliphatic carbocycles. The molecule has 2 saturated heterocycles. The largest absolute Gasteiger partial charge is 0.495 e. The fraction of sp³-hybridized carbons (Fsp3) is 0.214. The fourth-order valence-corrected chi connectivity index (χ4v) is 5.63. The molecule has 2 heterocycles. The minimum absolute atomic E-state index is 0.205. The number of ether oxygens (including phenoxy) is 2. The summed E-state index contributed by atoms with van der Waals surface area (Å²) in [6.45, 7) is 1.93. The van der Waals surface area contributed by atoms with E-state index in [2.05, 4.69) is 0 Å². The van der Waals surface area contributed by atoms with E-state index in [0.717, 1.165) is 10.5 Å². The molecule has 35 heavy (non-hydrogen) atoms. The molecule has 2 fully saturated rings. The predicted molar refractivity (Wildman–Crippen MR) is 125 cm³/mol. The lowest BCUT2D eigenvalue weighted by Crippen LogP contribution is -2.51. The van der Waals surface area contributed by atoms with E-state index in [0.29, 0.717) is 11.3 Å². The summed E-state index contributed by atoms with van der Waals surface area (Å²) in [4.78, 5) is 56.4. The number of hydrogen-bond donors (Lipinski definition) is 0. The van der Waals surface area contributed by atoms with Crippen LogP contribution < -0.4 is 9.64 Å². The first kappa shape index (κ1) is 21.4. The maximum absolute atomic E-state index is 14.0. The summed E-state index contributed by atoms with van der Waals surface area (Å²) in [6, 6.07) is 20.5. The number of anilines is 1. The Hall–Kier alpha value is -4.10. The zero-order chi connectivity index (χ0) is 24.5. The van der Waals surface area contributed by atoms with Gasteiger partial charge in [-0.25, -0.2) is 4.90 Å². The van der Waals surface area contributed by atoms with Crippen LogP contribution in [0.15, 0.2) is 72.8 Å². The Balaban J connectivity index is 1.55. The lowest BCUT2D eigenvalue weighted by molar-refractivity contribution is -0.127. The minimum Gasteiger partial charge on any atom is -0.495 e. The van der Waals surface area contributed by atoms with Gasteiger partial charge in [-0.2, -0.15) is 0 Å². The molecular formula is C28H21NO6. The molecular weight excluding hydrogens is 446 g/mol. The van der Waals surface area contributed by atoms with E-state index in [1.54, 1.807) is 60.7 Å². The van der Waals surface area contributed by atoms with Crippen LogP contribution in [0.4, 0.5) is 5.69 Å². The summed E-state index contributed by atoms with van der Waals surface area (Å²) in [7, 11) is 1.45. The second-order valence-corrected chi connectivity index (χ2v) is 9.08. The van der Waals surface area contributed by atoms with Crippen LogP contribution in [0.2, 0.25) is 0 Å². The zero-order valence-corrected chi connectivity index (χ0v) is 19.1. The third-order valence-corrected chi connectivity index (χ3v) is 7.25. The topological polar surface area (TPSA) is 90.0 Å². The zero-order valence-electron chi connectivity index (χ0n) is 19.1. The van der Waals surface area contributed by atoms with Gasteiger partial charge in [-0.15, -0.1) is 0 Å². The van der Waals surface area contributed by atoms with Gasteiger partial charge in [-0.05, 0) is 24.6 Å². The summed E-state index contributed by atoms with van der Waals surface area (Å²) >= 11 is 0. The van der Waals surface area contributed by atoms with E-state index < -0.39 is 46.9 Å². The Labute approximate surface area is 201 Å². The van der Waals surface area contributed by atoms with E-state index in [-0.39, 0.29) is 16.8 Å².